The van der Waals surface area contributed by atoms with Gasteiger partial charge in [0, 0.05) is 36.9 Å². The Kier molecular flexibility index (Phi) is 6.34. The number of fused-ring (bicyclic) bond motifs is 1. The number of carbonyl (C=O) groups excluding carboxylic acids is 2. The highest BCUT2D eigenvalue weighted by Gasteiger charge is 2.63. The number of amides is 1. The molecule has 0 saturated heterocycles. The molecule has 3 unspecified atom stereocenters. The van der Waals surface area contributed by atoms with E-state index in [1.807, 2.05) is 0 Å². The summed E-state index contributed by atoms with van der Waals surface area (Å²) in [6, 6.07) is 0.357. The fourth-order valence-electron chi connectivity index (χ4n) is 5.40. The van der Waals surface area contributed by atoms with Crippen LogP contribution in [0.1, 0.15) is 64.1 Å². The first-order valence-electron chi connectivity index (χ1n) is 12.7. The Labute approximate surface area is 228 Å². The largest absolute Gasteiger partial charge is 0.390 e. The molecule has 0 aliphatic heterocycles. The van der Waals surface area contributed by atoms with Crippen molar-refractivity contribution in [3.8, 4) is 0 Å². The first kappa shape index (κ1) is 26.7. The van der Waals surface area contributed by atoms with Gasteiger partial charge in [-0.05, 0) is 24.8 Å². The van der Waals surface area contributed by atoms with Gasteiger partial charge in [-0.15, -0.1) is 21.5 Å². The van der Waals surface area contributed by atoms with Crippen molar-refractivity contribution in [1.82, 2.24) is 29.9 Å². The van der Waals surface area contributed by atoms with Gasteiger partial charge in [0.05, 0.1) is 28.4 Å². The Bertz CT molecular complexity index is 1490. The minimum Gasteiger partial charge on any atom is -0.390 e. The summed E-state index contributed by atoms with van der Waals surface area (Å²) in [6.07, 6.45) is -2.02. The number of nitrogen functional groups attached to an aromatic ring is 1. The Balaban J connectivity index is 1.37. The molecule has 5 atom stereocenters. The van der Waals surface area contributed by atoms with Gasteiger partial charge in [0.15, 0.2) is 5.78 Å². The highest BCUT2D eigenvalue weighted by Crippen LogP contribution is 2.56. The number of Topliss-reactive ketones (excluding diaryl/α,β-unsaturated/α-hetero) is 1. The van der Waals surface area contributed by atoms with E-state index in [0.717, 1.165) is 17.4 Å². The molecule has 10 nitrogen and oxygen atoms in total. The highest BCUT2D eigenvalue weighted by atomic mass is 32.1. The Morgan fingerprint density at radius 1 is 1.32 bits per heavy atom. The molecule has 6 rings (SSSR count). The van der Waals surface area contributed by atoms with Crippen LogP contribution in [-0.2, 0) is 18.3 Å². The molecule has 16 heteroatoms. The van der Waals surface area contributed by atoms with Crippen molar-refractivity contribution in [3.63, 3.8) is 0 Å². The quantitative estimate of drug-likeness (QED) is 0.325. The number of carbonyl (C=O) groups is 2. The summed E-state index contributed by atoms with van der Waals surface area (Å²) in [6.45, 7) is 0.0949. The van der Waals surface area contributed by atoms with Crippen LogP contribution >= 0.6 is 11.3 Å². The zero-order chi connectivity index (χ0) is 28.5. The molecule has 3 aromatic rings. The molecule has 0 spiro atoms. The van der Waals surface area contributed by atoms with Crippen LogP contribution in [0.2, 0.25) is 0 Å². The predicted octanol–water partition coefficient (Wildman–Crippen LogP) is 3.92. The van der Waals surface area contributed by atoms with E-state index in [0.29, 0.717) is 24.1 Å². The maximum Gasteiger partial charge on any atom is 0.282 e. The molecule has 0 bridgehead atoms. The molecular weight excluding hydrogens is 559 g/mol. The molecule has 4 N–H and O–H groups in total. The summed E-state index contributed by atoms with van der Waals surface area (Å²) in [4.78, 5) is 27.6. The number of nitrogens with two attached hydrogens (primary N) is 1. The average molecular weight is 585 g/mol. The normalized spacial score (nSPS) is 26.4. The predicted molar refractivity (Wildman–Crippen MR) is 134 cm³/mol. The van der Waals surface area contributed by atoms with E-state index in [9.17, 15) is 31.5 Å². The third-order valence-electron chi connectivity index (χ3n) is 7.77. The summed E-state index contributed by atoms with van der Waals surface area (Å²) in [7, 11) is 1.45. The Hall–Kier alpha value is -3.56. The lowest BCUT2D eigenvalue weighted by molar-refractivity contribution is -0.125. The standard InChI is InChI=1S/C24H25F5N8O2S/c1-36-15(5-12(35-36)20(26)27)33-23-34-32-8-37(23)13-2-3-14-17(16(13)19(38)10-6-24(10,28)29)18(21(30)40-14)22(39)31-7-9-4-11(9)25/h5,8-11,13,16,20H,2-4,6-7,30H2,1H3,(H,31,39)(H,33,34)/t9-,10?,11-,13?,16?/m1/s1. The van der Waals surface area contributed by atoms with Crippen molar-refractivity contribution >= 4 is 39.8 Å². The Morgan fingerprint density at radius 3 is 2.67 bits per heavy atom. The third kappa shape index (κ3) is 4.61. The maximum absolute atomic E-state index is 14.2. The molecule has 3 aliphatic carbocycles. The number of hydrogen-bond donors (Lipinski definition) is 3. The van der Waals surface area contributed by atoms with Gasteiger partial charge in [-0.2, -0.15) is 5.10 Å². The van der Waals surface area contributed by atoms with Crippen LogP contribution in [0.25, 0.3) is 0 Å². The van der Waals surface area contributed by atoms with Gasteiger partial charge in [-0.1, -0.05) is 0 Å². The molecule has 40 heavy (non-hydrogen) atoms. The van der Waals surface area contributed by atoms with Crippen LogP contribution in [0.15, 0.2) is 12.4 Å². The monoisotopic (exact) mass is 584 g/mol. The molecule has 0 radical (unpaired) electrons. The topological polar surface area (TPSA) is 133 Å². The summed E-state index contributed by atoms with van der Waals surface area (Å²) in [5.74, 6) is -7.21. The number of aryl methyl sites for hydroxylation is 2. The van der Waals surface area contributed by atoms with Gasteiger partial charge < -0.3 is 16.4 Å². The van der Waals surface area contributed by atoms with E-state index in [1.54, 1.807) is 0 Å². The van der Waals surface area contributed by atoms with E-state index in [1.165, 1.54) is 22.6 Å². The number of nitrogens with zero attached hydrogens (tertiary/aromatic N) is 5. The van der Waals surface area contributed by atoms with Crippen molar-refractivity contribution in [3.05, 3.63) is 34.1 Å². The molecule has 3 aromatic heterocycles. The second-order valence-electron chi connectivity index (χ2n) is 10.5. The van der Waals surface area contributed by atoms with Crippen molar-refractivity contribution in [1.29, 1.82) is 0 Å². The number of thiophene rings is 1. The number of anilines is 3. The molecular formula is C24H25F5N8O2S. The van der Waals surface area contributed by atoms with Crippen molar-refractivity contribution in [2.75, 3.05) is 17.6 Å². The van der Waals surface area contributed by atoms with Gasteiger partial charge in [-0.25, -0.2) is 22.0 Å². The highest BCUT2D eigenvalue weighted by molar-refractivity contribution is 7.16. The number of alkyl halides is 5. The molecule has 1 amide bonds. The van der Waals surface area contributed by atoms with Crippen molar-refractivity contribution < 1.29 is 31.5 Å². The van der Waals surface area contributed by atoms with Gasteiger partial charge in [-0.3, -0.25) is 18.8 Å². The van der Waals surface area contributed by atoms with Crippen molar-refractivity contribution in [2.24, 2.45) is 18.9 Å². The van der Waals surface area contributed by atoms with Crippen LogP contribution in [0.5, 0.6) is 0 Å². The van der Waals surface area contributed by atoms with Gasteiger partial charge in [0.25, 0.3) is 18.3 Å². The summed E-state index contributed by atoms with van der Waals surface area (Å²) >= 11 is 1.13. The number of nitrogens with one attached hydrogen (secondary N) is 2. The molecule has 214 valence electrons. The molecule has 3 aliphatic rings. The average Bonchev–Trinajstić information content (AvgIpc) is 3.50. The zero-order valence-electron chi connectivity index (χ0n) is 21.1. The minimum absolute atomic E-state index is 0.0406. The van der Waals surface area contributed by atoms with Crippen LogP contribution in [0.3, 0.4) is 0 Å². The minimum atomic E-state index is -3.15. The van der Waals surface area contributed by atoms with Gasteiger partial charge >= 0.3 is 0 Å². The first-order valence-corrected chi connectivity index (χ1v) is 13.5. The third-order valence-corrected chi connectivity index (χ3v) is 8.86. The lowest BCUT2D eigenvalue weighted by Gasteiger charge is -2.33. The van der Waals surface area contributed by atoms with Crippen LogP contribution in [0.4, 0.5) is 38.7 Å². The first-order chi connectivity index (χ1) is 19.0. The Morgan fingerprint density at radius 2 is 2.05 bits per heavy atom. The summed E-state index contributed by atoms with van der Waals surface area (Å²) < 4.78 is 70.7. The van der Waals surface area contributed by atoms with Gasteiger partial charge in [0.2, 0.25) is 5.95 Å². The lowest BCUT2D eigenvalue weighted by atomic mass is 9.77. The molecule has 2 fully saturated rings. The molecule has 2 saturated carbocycles. The SMILES string of the molecule is Cn1nc(C(F)F)cc1Nc1nncn1C1CCc2sc(N)c(C(=O)NC[C@H]3C[C@H]3F)c2C1C(=O)C1CC1(F)F. The van der Waals surface area contributed by atoms with E-state index in [2.05, 4.69) is 25.9 Å². The van der Waals surface area contributed by atoms with E-state index in [-0.39, 0.29) is 40.4 Å². The fraction of sp³-hybridized carbons (Fsp3) is 0.542. The second kappa shape index (κ2) is 9.52. The number of hydrogen-bond acceptors (Lipinski definition) is 8. The maximum atomic E-state index is 14.2. The van der Waals surface area contributed by atoms with Crippen LogP contribution in [0, 0.1) is 11.8 Å². The molecule has 3 heterocycles. The second-order valence-corrected chi connectivity index (χ2v) is 11.6. The summed E-state index contributed by atoms with van der Waals surface area (Å²) in [5, 5.41) is 17.4. The van der Waals surface area contributed by atoms with Gasteiger partial charge in [0.1, 0.15) is 24.0 Å². The van der Waals surface area contributed by atoms with E-state index >= 15 is 0 Å². The van der Waals surface area contributed by atoms with Crippen LogP contribution in [-0.4, -0.2) is 54.9 Å². The molecule has 0 aromatic carbocycles. The van der Waals surface area contributed by atoms with Crippen molar-refractivity contribution in [2.45, 2.75) is 56.2 Å². The smallest absolute Gasteiger partial charge is 0.282 e. The van der Waals surface area contributed by atoms with Crippen LogP contribution < -0.4 is 16.4 Å². The van der Waals surface area contributed by atoms with E-state index in [4.69, 9.17) is 5.73 Å². The zero-order valence-corrected chi connectivity index (χ0v) is 21.9. The number of halogens is 5. The fourth-order valence-corrected chi connectivity index (χ4v) is 6.53. The summed E-state index contributed by atoms with van der Waals surface area (Å²) in [5.41, 5.74) is 6.10. The van der Waals surface area contributed by atoms with E-state index < -0.39 is 60.2 Å². The number of ketones is 1. The lowest BCUT2D eigenvalue weighted by Crippen LogP contribution is -2.34. The number of rotatable bonds is 9. The number of aromatic nitrogens is 5.